The number of esters is 1. The minimum Gasteiger partial charge on any atom is -0.454 e. The Bertz CT molecular complexity index is 1130. The zero-order valence-corrected chi connectivity index (χ0v) is 21.1. The lowest BCUT2D eigenvalue weighted by molar-refractivity contribution is 0.0339. The van der Waals surface area contributed by atoms with Crippen molar-refractivity contribution in [2.75, 3.05) is 19.6 Å². The Kier molecular flexibility index (Phi) is 7.15. The molecule has 1 unspecified atom stereocenters. The van der Waals surface area contributed by atoms with Crippen LogP contribution in [0.4, 0.5) is 0 Å². The Hall–Kier alpha value is -2.63. The number of H-pyrrole nitrogens is 1. The lowest BCUT2D eigenvalue weighted by atomic mass is 9.86. The van der Waals surface area contributed by atoms with Crippen molar-refractivity contribution in [3.63, 3.8) is 0 Å². The molecule has 1 fully saturated rings. The summed E-state index contributed by atoms with van der Waals surface area (Å²) in [4.78, 5) is 19.0. The van der Waals surface area contributed by atoms with Gasteiger partial charge in [0.05, 0.1) is 11.7 Å². The van der Waals surface area contributed by atoms with E-state index in [0.29, 0.717) is 5.56 Å². The first-order valence-corrected chi connectivity index (χ1v) is 12.4. The van der Waals surface area contributed by atoms with Gasteiger partial charge in [-0.05, 0) is 67.3 Å². The van der Waals surface area contributed by atoms with Crippen LogP contribution in [0.3, 0.4) is 0 Å². The zero-order chi connectivity index (χ0) is 24.5. The van der Waals surface area contributed by atoms with E-state index in [2.05, 4.69) is 73.1 Å². The van der Waals surface area contributed by atoms with Gasteiger partial charge in [-0.15, -0.1) is 0 Å². The fourth-order valence-corrected chi connectivity index (χ4v) is 4.76. The van der Waals surface area contributed by atoms with Crippen LogP contribution >= 0.6 is 0 Å². The number of aliphatic hydroxyl groups excluding tert-OH is 1. The Morgan fingerprint density at radius 2 is 1.82 bits per heavy atom. The minimum atomic E-state index is -0.330. The molecule has 0 saturated carbocycles. The number of aromatic nitrogens is 1. The van der Waals surface area contributed by atoms with Gasteiger partial charge in [-0.1, -0.05) is 51.1 Å². The van der Waals surface area contributed by atoms with Crippen LogP contribution in [0.5, 0.6) is 0 Å². The van der Waals surface area contributed by atoms with Gasteiger partial charge >= 0.3 is 5.97 Å². The smallest absolute Gasteiger partial charge is 0.341 e. The second kappa shape index (κ2) is 9.93. The molecule has 4 rings (SSSR count). The first kappa shape index (κ1) is 24.5. The molecule has 182 valence electrons. The van der Waals surface area contributed by atoms with E-state index in [1.54, 1.807) is 0 Å². The predicted octanol–water partition coefficient (Wildman–Crippen LogP) is 5.69. The molecule has 0 amide bonds. The van der Waals surface area contributed by atoms with Gasteiger partial charge in [0.2, 0.25) is 0 Å². The van der Waals surface area contributed by atoms with Crippen LogP contribution in [0.2, 0.25) is 0 Å². The topological polar surface area (TPSA) is 65.6 Å². The van der Waals surface area contributed by atoms with Crippen molar-refractivity contribution < 1.29 is 14.6 Å². The molecule has 0 radical (unpaired) electrons. The minimum absolute atomic E-state index is 0.0898. The molecule has 1 saturated heterocycles. The third-order valence-corrected chi connectivity index (χ3v) is 7.06. The van der Waals surface area contributed by atoms with E-state index >= 15 is 0 Å². The molecule has 0 aliphatic carbocycles. The fraction of sp³-hybridized carbons (Fsp3) is 0.483. The van der Waals surface area contributed by atoms with Crippen molar-refractivity contribution >= 4 is 16.9 Å². The van der Waals surface area contributed by atoms with Gasteiger partial charge in [0, 0.05) is 36.2 Å². The highest BCUT2D eigenvalue weighted by atomic mass is 16.5. The van der Waals surface area contributed by atoms with E-state index in [1.807, 2.05) is 13.8 Å². The number of nitrogens with one attached hydrogen (secondary N) is 1. The number of piperidine rings is 1. The number of carbonyl (C=O) groups excluding carboxylic acids is 1. The maximum Gasteiger partial charge on any atom is 0.341 e. The molecule has 2 N–H and O–H groups in total. The lowest BCUT2D eigenvalue weighted by Crippen LogP contribution is -2.37. The molecule has 2 aromatic carbocycles. The molecule has 2 heterocycles. The van der Waals surface area contributed by atoms with Crippen molar-refractivity contribution in [2.45, 2.75) is 71.5 Å². The van der Waals surface area contributed by atoms with Crippen LogP contribution < -0.4 is 0 Å². The molecule has 34 heavy (non-hydrogen) atoms. The summed E-state index contributed by atoms with van der Waals surface area (Å²) in [7, 11) is 0. The van der Waals surface area contributed by atoms with Crippen LogP contribution in [0.15, 0.2) is 42.5 Å². The van der Waals surface area contributed by atoms with Crippen LogP contribution in [0.25, 0.3) is 10.9 Å². The van der Waals surface area contributed by atoms with E-state index in [1.165, 1.54) is 11.1 Å². The maximum absolute atomic E-state index is 13.2. The number of carbonyl (C=O) groups is 1. The van der Waals surface area contributed by atoms with E-state index in [9.17, 15) is 9.90 Å². The quantitative estimate of drug-likeness (QED) is 0.462. The first-order chi connectivity index (χ1) is 16.1. The van der Waals surface area contributed by atoms with E-state index < -0.39 is 0 Å². The Morgan fingerprint density at radius 3 is 2.47 bits per heavy atom. The highest BCUT2D eigenvalue weighted by Crippen LogP contribution is 2.29. The number of aliphatic hydroxyl groups is 1. The molecule has 3 aromatic rings. The highest BCUT2D eigenvalue weighted by molar-refractivity contribution is 6.05. The average molecular weight is 463 g/mol. The molecule has 1 aliphatic heterocycles. The van der Waals surface area contributed by atoms with Crippen LogP contribution in [-0.2, 0) is 16.6 Å². The van der Waals surface area contributed by atoms with Crippen molar-refractivity contribution in [3.05, 3.63) is 70.4 Å². The van der Waals surface area contributed by atoms with Gasteiger partial charge in [0.15, 0.2) is 0 Å². The Labute approximate surface area is 203 Å². The summed E-state index contributed by atoms with van der Waals surface area (Å²) >= 11 is 0. The summed E-state index contributed by atoms with van der Waals surface area (Å²) in [5, 5.41) is 10.6. The van der Waals surface area contributed by atoms with Gasteiger partial charge < -0.3 is 19.7 Å². The lowest BCUT2D eigenvalue weighted by Gasteiger charge is -2.29. The number of rotatable bonds is 6. The normalized spacial score (nSPS) is 16.6. The summed E-state index contributed by atoms with van der Waals surface area (Å²) < 4.78 is 5.91. The SMILES string of the molecule is Cc1[nH]c2ccc(CCN3CCC(O)CC3)cc2c1C(=O)OC(C)c1ccc(C(C)(C)C)cc1. The summed E-state index contributed by atoms with van der Waals surface area (Å²) in [6, 6.07) is 14.7. The van der Waals surface area contributed by atoms with Gasteiger partial charge in [-0.25, -0.2) is 4.79 Å². The van der Waals surface area contributed by atoms with Crippen molar-refractivity contribution in [3.8, 4) is 0 Å². The fourth-order valence-electron chi connectivity index (χ4n) is 4.76. The van der Waals surface area contributed by atoms with Gasteiger partial charge in [0.25, 0.3) is 0 Å². The van der Waals surface area contributed by atoms with Crippen LogP contribution in [0, 0.1) is 6.92 Å². The third kappa shape index (κ3) is 5.53. The Morgan fingerprint density at radius 1 is 1.15 bits per heavy atom. The van der Waals surface area contributed by atoms with E-state index in [0.717, 1.165) is 61.1 Å². The number of ether oxygens (including phenoxy) is 1. The molecule has 5 nitrogen and oxygen atoms in total. The molecule has 1 aromatic heterocycles. The van der Waals surface area contributed by atoms with Crippen LogP contribution in [0.1, 0.15) is 79.4 Å². The molecule has 1 atom stereocenters. The second-order valence-electron chi connectivity index (χ2n) is 10.7. The van der Waals surface area contributed by atoms with Gasteiger partial charge in [0.1, 0.15) is 6.10 Å². The summed E-state index contributed by atoms with van der Waals surface area (Å²) in [6.45, 7) is 13.3. The average Bonchev–Trinajstić information content (AvgIpc) is 3.13. The van der Waals surface area contributed by atoms with E-state index in [4.69, 9.17) is 4.74 Å². The second-order valence-corrected chi connectivity index (χ2v) is 10.7. The number of likely N-dealkylation sites (tertiary alicyclic amines) is 1. The third-order valence-electron chi connectivity index (χ3n) is 7.06. The number of hydrogen-bond donors (Lipinski definition) is 2. The molecule has 0 spiro atoms. The maximum atomic E-state index is 13.2. The zero-order valence-electron chi connectivity index (χ0n) is 21.1. The van der Waals surface area contributed by atoms with E-state index in [-0.39, 0.29) is 23.6 Å². The van der Waals surface area contributed by atoms with Crippen LogP contribution in [-0.4, -0.2) is 46.7 Å². The largest absolute Gasteiger partial charge is 0.454 e. The monoisotopic (exact) mass is 462 g/mol. The standard InChI is InChI=1S/C29H38N2O3/c1-19-27(28(33)34-20(2)22-7-9-23(10-8-22)29(3,4)5)25-18-21(6-11-26(25)30-19)12-15-31-16-13-24(32)14-17-31/h6-11,18,20,24,30,32H,12-17H2,1-5H3. The number of benzene rings is 2. The molecule has 5 heteroatoms. The number of aromatic amines is 1. The summed E-state index contributed by atoms with van der Waals surface area (Å²) in [5.41, 5.74) is 5.95. The number of aryl methyl sites for hydroxylation is 1. The highest BCUT2D eigenvalue weighted by Gasteiger charge is 2.22. The van der Waals surface area contributed by atoms with Gasteiger partial charge in [-0.3, -0.25) is 0 Å². The van der Waals surface area contributed by atoms with Crippen molar-refractivity contribution in [1.82, 2.24) is 9.88 Å². The molecule has 1 aliphatic rings. The Balaban J connectivity index is 1.47. The summed E-state index contributed by atoms with van der Waals surface area (Å²) in [6.07, 6.45) is 2.14. The predicted molar refractivity (Wildman–Crippen MR) is 137 cm³/mol. The molecule has 0 bridgehead atoms. The van der Waals surface area contributed by atoms with Crippen molar-refractivity contribution in [1.29, 1.82) is 0 Å². The molecular weight excluding hydrogens is 424 g/mol. The molecular formula is C29H38N2O3. The van der Waals surface area contributed by atoms with Gasteiger partial charge in [-0.2, -0.15) is 0 Å². The number of nitrogens with zero attached hydrogens (tertiary/aromatic N) is 1. The number of fused-ring (bicyclic) bond motifs is 1. The van der Waals surface area contributed by atoms with Crippen molar-refractivity contribution in [2.24, 2.45) is 0 Å². The summed E-state index contributed by atoms with van der Waals surface area (Å²) in [5.74, 6) is -0.293. The number of hydrogen-bond acceptors (Lipinski definition) is 4. The first-order valence-electron chi connectivity index (χ1n) is 12.4.